The van der Waals surface area contributed by atoms with E-state index in [1.165, 1.54) is 0 Å². The first-order valence-electron chi connectivity index (χ1n) is 3.25. The van der Waals surface area contributed by atoms with Crippen molar-refractivity contribution in [3.05, 3.63) is 18.2 Å². The molecule has 0 unspecified atom stereocenters. The molecule has 0 aliphatic heterocycles. The molecule has 0 spiro atoms. The van der Waals surface area contributed by atoms with Crippen molar-refractivity contribution in [2.24, 2.45) is 0 Å². The molecular formula is C8H14N2O2. The van der Waals surface area contributed by atoms with E-state index in [0.717, 1.165) is 0 Å². The smallest absolute Gasteiger partial charge is 0.162 e. The monoisotopic (exact) mass is 170 g/mol. The molecule has 0 saturated carbocycles. The zero-order valence-corrected chi connectivity index (χ0v) is 7.33. The first-order valence-corrected chi connectivity index (χ1v) is 3.25. The van der Waals surface area contributed by atoms with Crippen molar-refractivity contribution in [3.63, 3.8) is 0 Å². The maximum Gasteiger partial charge on any atom is 0.162 e. The molecule has 0 fully saturated rings. The summed E-state index contributed by atoms with van der Waals surface area (Å²) in [5.74, 6) is 1.36. The topological polar surface area (TPSA) is 79.5 Å². The van der Waals surface area contributed by atoms with Gasteiger partial charge < -0.3 is 21.4 Å². The number of hydrogen-bond acceptors (Lipinski definition) is 4. The fraction of sp³-hybridized carbons (Fsp3) is 0.250. The number of methoxy groups -OCH3 is 2. The lowest BCUT2D eigenvalue weighted by molar-refractivity contribution is 0.355. The van der Waals surface area contributed by atoms with Crippen molar-refractivity contribution < 1.29 is 9.47 Å². The number of hydrogen-bond donors (Lipinski definition) is 2. The van der Waals surface area contributed by atoms with Crippen LogP contribution in [0.15, 0.2) is 18.2 Å². The van der Waals surface area contributed by atoms with Crippen molar-refractivity contribution in [3.8, 4) is 11.5 Å². The Hall–Kier alpha value is -1.42. The molecule has 0 bridgehead atoms. The third-order valence-electron chi connectivity index (χ3n) is 1.41. The van der Waals surface area contributed by atoms with Gasteiger partial charge in [-0.05, 0) is 12.1 Å². The van der Waals surface area contributed by atoms with E-state index >= 15 is 0 Å². The molecule has 1 aromatic carbocycles. The van der Waals surface area contributed by atoms with Crippen LogP contribution in [0.5, 0.6) is 11.5 Å². The van der Waals surface area contributed by atoms with Crippen LogP contribution < -0.4 is 21.4 Å². The highest BCUT2D eigenvalue weighted by molar-refractivity contribution is 5.51. The van der Waals surface area contributed by atoms with E-state index in [0.29, 0.717) is 17.2 Å². The summed E-state index contributed by atoms with van der Waals surface area (Å²) >= 11 is 0. The van der Waals surface area contributed by atoms with Crippen LogP contribution in [0.4, 0.5) is 5.69 Å². The Morgan fingerprint density at radius 2 is 1.67 bits per heavy atom. The molecular weight excluding hydrogens is 156 g/mol. The lowest BCUT2D eigenvalue weighted by Crippen LogP contribution is -1.92. The van der Waals surface area contributed by atoms with Crippen molar-refractivity contribution in [2.45, 2.75) is 0 Å². The van der Waals surface area contributed by atoms with Crippen LogP contribution in [0.1, 0.15) is 0 Å². The van der Waals surface area contributed by atoms with E-state index in [1.807, 2.05) is 0 Å². The van der Waals surface area contributed by atoms with Crippen molar-refractivity contribution in [2.75, 3.05) is 20.0 Å². The average Bonchev–Trinajstić information content (AvgIpc) is 2.04. The maximum atomic E-state index is 5.52. The van der Waals surface area contributed by atoms with Gasteiger partial charge in [0.15, 0.2) is 11.5 Å². The Labute approximate surface area is 71.9 Å². The minimum atomic E-state index is 0. The molecule has 12 heavy (non-hydrogen) atoms. The summed E-state index contributed by atoms with van der Waals surface area (Å²) in [6.07, 6.45) is 0. The van der Waals surface area contributed by atoms with Crippen LogP contribution in [0.2, 0.25) is 0 Å². The summed E-state index contributed by atoms with van der Waals surface area (Å²) in [6.45, 7) is 0. The van der Waals surface area contributed by atoms with Gasteiger partial charge in [-0.2, -0.15) is 0 Å². The number of ether oxygens (including phenoxy) is 2. The molecule has 0 radical (unpaired) electrons. The van der Waals surface area contributed by atoms with E-state index in [9.17, 15) is 0 Å². The third-order valence-corrected chi connectivity index (χ3v) is 1.41. The van der Waals surface area contributed by atoms with Gasteiger partial charge in [-0.25, -0.2) is 0 Å². The van der Waals surface area contributed by atoms with E-state index < -0.39 is 0 Å². The molecule has 0 aliphatic carbocycles. The van der Waals surface area contributed by atoms with E-state index in [2.05, 4.69) is 0 Å². The van der Waals surface area contributed by atoms with Gasteiger partial charge >= 0.3 is 0 Å². The minimum Gasteiger partial charge on any atom is -0.493 e. The predicted octanol–water partition coefficient (Wildman–Crippen LogP) is 1.45. The molecule has 68 valence electrons. The average molecular weight is 170 g/mol. The number of nitrogen functional groups attached to an aromatic ring is 1. The summed E-state index contributed by atoms with van der Waals surface area (Å²) in [5, 5.41) is 0. The van der Waals surface area contributed by atoms with E-state index in [1.54, 1.807) is 32.4 Å². The van der Waals surface area contributed by atoms with Crippen LogP contribution in [-0.4, -0.2) is 14.2 Å². The zero-order valence-electron chi connectivity index (χ0n) is 7.33. The minimum absolute atomic E-state index is 0. The predicted molar refractivity (Wildman–Crippen MR) is 49.0 cm³/mol. The Morgan fingerprint density at radius 1 is 1.08 bits per heavy atom. The number of benzene rings is 1. The van der Waals surface area contributed by atoms with Gasteiger partial charge in [0.25, 0.3) is 0 Å². The second kappa shape index (κ2) is 4.46. The Balaban J connectivity index is 0.00000121. The van der Waals surface area contributed by atoms with Crippen molar-refractivity contribution in [1.82, 2.24) is 6.15 Å². The molecule has 0 heterocycles. The van der Waals surface area contributed by atoms with Crippen LogP contribution in [0, 0.1) is 0 Å². The molecule has 4 nitrogen and oxygen atoms in total. The largest absolute Gasteiger partial charge is 0.493 e. The summed E-state index contributed by atoms with van der Waals surface area (Å²) in [6, 6.07) is 5.26. The fourth-order valence-electron chi connectivity index (χ4n) is 0.853. The maximum absolute atomic E-state index is 5.52. The summed E-state index contributed by atoms with van der Waals surface area (Å²) in [7, 11) is 3.17. The van der Waals surface area contributed by atoms with Crippen molar-refractivity contribution in [1.29, 1.82) is 0 Å². The number of nitrogens with two attached hydrogens (primary N) is 1. The van der Waals surface area contributed by atoms with Gasteiger partial charge in [-0.1, -0.05) is 0 Å². The summed E-state index contributed by atoms with van der Waals surface area (Å²) in [5.41, 5.74) is 6.19. The normalized spacial score (nSPS) is 8.50. The summed E-state index contributed by atoms with van der Waals surface area (Å²) < 4.78 is 10.0. The molecule has 4 heteroatoms. The standard InChI is InChI=1S/C8H11NO2.H3N/c1-10-7-4-3-6(9)5-8(7)11-2;/h3-5H,9H2,1-2H3;1H3. The third kappa shape index (κ3) is 2.03. The molecule has 0 aliphatic rings. The van der Waals surface area contributed by atoms with Gasteiger partial charge in [0.2, 0.25) is 0 Å². The van der Waals surface area contributed by atoms with Crippen molar-refractivity contribution >= 4 is 5.69 Å². The van der Waals surface area contributed by atoms with Crippen LogP contribution in [-0.2, 0) is 0 Å². The lowest BCUT2D eigenvalue weighted by atomic mass is 10.3. The van der Waals surface area contributed by atoms with Gasteiger partial charge in [0, 0.05) is 11.8 Å². The highest BCUT2D eigenvalue weighted by Crippen LogP contribution is 2.28. The first-order chi connectivity index (χ1) is 5.27. The second-order valence-corrected chi connectivity index (χ2v) is 2.11. The van der Waals surface area contributed by atoms with E-state index in [-0.39, 0.29) is 6.15 Å². The van der Waals surface area contributed by atoms with Crippen LogP contribution in [0.25, 0.3) is 0 Å². The molecule has 0 atom stereocenters. The second-order valence-electron chi connectivity index (χ2n) is 2.11. The quantitative estimate of drug-likeness (QED) is 0.658. The fourth-order valence-corrected chi connectivity index (χ4v) is 0.853. The summed E-state index contributed by atoms with van der Waals surface area (Å²) in [4.78, 5) is 0. The molecule has 1 rings (SSSR count). The highest BCUT2D eigenvalue weighted by Gasteiger charge is 2.00. The lowest BCUT2D eigenvalue weighted by Gasteiger charge is -2.06. The SMILES string of the molecule is COc1ccc(N)cc1OC.N. The first kappa shape index (κ1) is 10.6. The molecule has 1 aromatic rings. The Morgan fingerprint density at radius 3 is 2.17 bits per heavy atom. The van der Waals surface area contributed by atoms with Gasteiger partial charge in [0.1, 0.15) is 0 Å². The Kier molecular flexibility index (Phi) is 3.93. The van der Waals surface area contributed by atoms with Gasteiger partial charge in [0.05, 0.1) is 14.2 Å². The van der Waals surface area contributed by atoms with E-state index in [4.69, 9.17) is 15.2 Å². The number of rotatable bonds is 2. The molecule has 0 amide bonds. The van der Waals surface area contributed by atoms with Gasteiger partial charge in [-0.3, -0.25) is 0 Å². The molecule has 5 N–H and O–H groups in total. The zero-order chi connectivity index (χ0) is 8.27. The highest BCUT2D eigenvalue weighted by atomic mass is 16.5. The molecule has 0 saturated heterocycles. The number of anilines is 1. The van der Waals surface area contributed by atoms with Crippen LogP contribution in [0.3, 0.4) is 0 Å². The van der Waals surface area contributed by atoms with Crippen LogP contribution >= 0.6 is 0 Å². The molecule has 0 aromatic heterocycles. The Bertz CT molecular complexity index is 251. The van der Waals surface area contributed by atoms with Gasteiger partial charge in [-0.15, -0.1) is 0 Å².